The van der Waals surface area contributed by atoms with Gasteiger partial charge in [0.1, 0.15) is 10.9 Å². The van der Waals surface area contributed by atoms with Crippen LogP contribution >= 0.6 is 11.5 Å². The lowest BCUT2D eigenvalue weighted by Crippen LogP contribution is -2.44. The van der Waals surface area contributed by atoms with Crippen LogP contribution in [0.15, 0.2) is 66.7 Å². The predicted molar refractivity (Wildman–Crippen MR) is 155 cm³/mol. The number of nitrogens with one attached hydrogen (secondary N) is 1. The largest absolute Gasteiger partial charge is 0.493 e. The van der Waals surface area contributed by atoms with Gasteiger partial charge in [-0.05, 0) is 46.9 Å². The normalized spacial score (nSPS) is 12.3. The van der Waals surface area contributed by atoms with E-state index >= 15 is 0 Å². The molecule has 2 heterocycles. The molecule has 13 heteroatoms. The number of carbonyl (C=O) groups excluding carboxylic acids is 3. The van der Waals surface area contributed by atoms with Gasteiger partial charge in [0.15, 0.2) is 28.7 Å². The van der Waals surface area contributed by atoms with E-state index in [1.165, 1.54) is 19.1 Å². The van der Waals surface area contributed by atoms with Gasteiger partial charge < -0.3 is 35.7 Å². The molecule has 0 bridgehead atoms. The number of fused-ring (bicyclic) bond motifs is 1. The van der Waals surface area contributed by atoms with Crippen LogP contribution in [0.1, 0.15) is 37.3 Å². The molecule has 1 unspecified atom stereocenters. The second-order valence-electron chi connectivity index (χ2n) is 9.07. The van der Waals surface area contributed by atoms with Crippen molar-refractivity contribution in [2.24, 2.45) is 5.73 Å². The number of hydrogen-bond acceptors (Lipinski definition) is 10. The minimum Gasteiger partial charge on any atom is -0.493 e. The molecule has 5 N–H and O–H groups in total. The molecule has 0 radical (unpaired) electrons. The van der Waals surface area contributed by atoms with Gasteiger partial charge in [0.2, 0.25) is 12.7 Å². The summed E-state index contributed by atoms with van der Waals surface area (Å²) in [5, 5.41) is 2.93. The smallest absolute Gasteiger partial charge is 0.273 e. The van der Waals surface area contributed by atoms with Crippen molar-refractivity contribution < 1.29 is 33.3 Å². The first kappa shape index (κ1) is 28.2. The number of primary amides is 1. The van der Waals surface area contributed by atoms with Crippen molar-refractivity contribution in [2.75, 3.05) is 31.6 Å². The highest BCUT2D eigenvalue weighted by Crippen LogP contribution is 2.41. The van der Waals surface area contributed by atoms with Crippen molar-refractivity contribution in [1.82, 2.24) is 9.69 Å². The number of methoxy groups -OCH3 is 2. The third-order valence-electron chi connectivity index (χ3n) is 6.55. The second-order valence-corrected chi connectivity index (χ2v) is 9.84. The summed E-state index contributed by atoms with van der Waals surface area (Å²) in [7, 11) is 2.96. The molecule has 3 aromatic carbocycles. The highest BCUT2D eigenvalue weighted by atomic mass is 32.1. The van der Waals surface area contributed by atoms with Gasteiger partial charge in [0.25, 0.3) is 11.8 Å². The number of ether oxygens (including phenoxy) is 4. The SMILES string of the molecule is COc1ccc(C(C(=O)NCc2ccccc2)N(C(=O)c2snc(C(N)=O)c2N)c2ccc3c(c2)OCO3)cc1OC. The standard InChI is InChI=1S/C29H27N5O7S/c1-38-19-10-8-17(12-21(19)39-2)25(28(36)32-14-16-6-4-3-5-7-16)34(18-9-11-20-22(13-18)41-15-40-20)29(37)26-23(30)24(27(31)35)33-42-26/h3-13,25H,14-15,30H2,1-2H3,(H2,31,35)(H,32,36). The van der Waals surface area contributed by atoms with Crippen molar-refractivity contribution in [1.29, 1.82) is 0 Å². The summed E-state index contributed by atoms with van der Waals surface area (Å²) in [6.45, 7) is 0.203. The molecule has 4 aromatic rings. The maximum absolute atomic E-state index is 14.3. The Bertz CT molecular complexity index is 1640. The molecule has 42 heavy (non-hydrogen) atoms. The Hall–Kier alpha value is -5.30. The topological polar surface area (TPSA) is 168 Å². The summed E-state index contributed by atoms with van der Waals surface area (Å²) in [5.74, 6) is -0.423. The van der Waals surface area contributed by atoms with Gasteiger partial charge in [0.05, 0.1) is 19.9 Å². The van der Waals surface area contributed by atoms with E-state index < -0.39 is 23.8 Å². The number of anilines is 2. The van der Waals surface area contributed by atoms with Crippen LogP contribution in [0.3, 0.4) is 0 Å². The number of nitrogen functional groups attached to an aromatic ring is 1. The lowest BCUT2D eigenvalue weighted by molar-refractivity contribution is -0.122. The quantitative estimate of drug-likeness (QED) is 0.251. The fraction of sp³-hybridized carbons (Fsp3) is 0.172. The van der Waals surface area contributed by atoms with E-state index in [0.717, 1.165) is 5.56 Å². The fourth-order valence-corrected chi connectivity index (χ4v) is 5.22. The Morgan fingerprint density at radius 1 is 1.00 bits per heavy atom. The van der Waals surface area contributed by atoms with Crippen LogP contribution in [-0.2, 0) is 11.3 Å². The number of aromatic nitrogens is 1. The molecule has 1 aliphatic heterocycles. The molecule has 0 saturated carbocycles. The van der Waals surface area contributed by atoms with Gasteiger partial charge in [-0.25, -0.2) is 0 Å². The lowest BCUT2D eigenvalue weighted by atomic mass is 10.0. The van der Waals surface area contributed by atoms with Gasteiger partial charge >= 0.3 is 0 Å². The molecular formula is C29H27N5O7S. The molecule has 3 amide bonds. The Kier molecular flexibility index (Phi) is 8.11. The zero-order chi connectivity index (χ0) is 29.8. The van der Waals surface area contributed by atoms with Crippen molar-refractivity contribution in [3.05, 3.63) is 88.4 Å². The van der Waals surface area contributed by atoms with E-state index in [9.17, 15) is 14.4 Å². The zero-order valence-corrected chi connectivity index (χ0v) is 23.5. The average molecular weight is 590 g/mol. The van der Waals surface area contributed by atoms with E-state index in [-0.39, 0.29) is 29.6 Å². The van der Waals surface area contributed by atoms with Crippen LogP contribution in [0.25, 0.3) is 0 Å². The number of carbonyl (C=O) groups is 3. The third-order valence-corrected chi connectivity index (χ3v) is 7.40. The molecule has 1 aliphatic rings. The Balaban J connectivity index is 1.66. The van der Waals surface area contributed by atoms with Gasteiger partial charge in [-0.15, -0.1) is 0 Å². The molecule has 216 valence electrons. The van der Waals surface area contributed by atoms with E-state index in [0.29, 0.717) is 45.8 Å². The highest BCUT2D eigenvalue weighted by Gasteiger charge is 2.37. The third kappa shape index (κ3) is 5.49. The molecule has 1 aromatic heterocycles. The number of benzene rings is 3. The fourth-order valence-electron chi connectivity index (χ4n) is 4.48. The van der Waals surface area contributed by atoms with E-state index in [2.05, 4.69) is 9.69 Å². The number of nitrogens with zero attached hydrogens (tertiary/aromatic N) is 2. The molecule has 1 atom stereocenters. The van der Waals surface area contributed by atoms with Crippen LogP contribution in [0.5, 0.6) is 23.0 Å². The van der Waals surface area contributed by atoms with Crippen LogP contribution in [0, 0.1) is 0 Å². The maximum Gasteiger partial charge on any atom is 0.273 e. The molecule has 0 fully saturated rings. The summed E-state index contributed by atoms with van der Waals surface area (Å²) in [5.41, 5.74) is 12.7. The molecule has 0 saturated heterocycles. The Labute approximate surface area is 244 Å². The van der Waals surface area contributed by atoms with Crippen molar-refractivity contribution >= 4 is 40.6 Å². The minimum absolute atomic E-state index is 0.00711. The first-order chi connectivity index (χ1) is 20.3. The maximum atomic E-state index is 14.3. The number of amides is 3. The first-order valence-electron chi connectivity index (χ1n) is 12.6. The predicted octanol–water partition coefficient (Wildman–Crippen LogP) is 3.27. The van der Waals surface area contributed by atoms with Crippen LogP contribution in [-0.4, -0.2) is 43.1 Å². The Morgan fingerprint density at radius 3 is 2.43 bits per heavy atom. The second kappa shape index (κ2) is 12.1. The van der Waals surface area contributed by atoms with Gasteiger partial charge in [-0.3, -0.25) is 19.3 Å². The van der Waals surface area contributed by atoms with Crippen LogP contribution in [0.4, 0.5) is 11.4 Å². The summed E-state index contributed by atoms with van der Waals surface area (Å²) < 4.78 is 25.9. The number of nitrogens with two attached hydrogens (primary N) is 2. The van der Waals surface area contributed by atoms with Crippen molar-refractivity contribution in [3.8, 4) is 23.0 Å². The Morgan fingerprint density at radius 2 is 1.74 bits per heavy atom. The summed E-state index contributed by atoms with van der Waals surface area (Å²) in [6.07, 6.45) is 0. The highest BCUT2D eigenvalue weighted by molar-refractivity contribution is 7.09. The van der Waals surface area contributed by atoms with Crippen molar-refractivity contribution in [2.45, 2.75) is 12.6 Å². The van der Waals surface area contributed by atoms with E-state index in [4.69, 9.17) is 30.4 Å². The molecule has 0 spiro atoms. The van der Waals surface area contributed by atoms with Crippen LogP contribution in [0.2, 0.25) is 0 Å². The molecular weight excluding hydrogens is 562 g/mol. The van der Waals surface area contributed by atoms with E-state index in [1.54, 1.807) is 36.4 Å². The van der Waals surface area contributed by atoms with Crippen molar-refractivity contribution in [3.63, 3.8) is 0 Å². The van der Waals surface area contributed by atoms with E-state index in [1.807, 2.05) is 30.3 Å². The first-order valence-corrected chi connectivity index (χ1v) is 13.4. The lowest BCUT2D eigenvalue weighted by Gasteiger charge is -2.31. The number of rotatable bonds is 10. The summed E-state index contributed by atoms with van der Waals surface area (Å²) in [6, 6.07) is 17.8. The van der Waals surface area contributed by atoms with Gasteiger partial charge in [0, 0.05) is 18.3 Å². The molecule has 5 rings (SSSR count). The zero-order valence-electron chi connectivity index (χ0n) is 22.7. The van der Waals surface area contributed by atoms with Crippen LogP contribution < -0.4 is 40.6 Å². The summed E-state index contributed by atoms with van der Waals surface area (Å²) >= 11 is 0.710. The summed E-state index contributed by atoms with van der Waals surface area (Å²) in [4.78, 5) is 41.5. The minimum atomic E-state index is -1.25. The number of hydrogen-bond donors (Lipinski definition) is 3. The molecule has 0 aliphatic carbocycles. The van der Waals surface area contributed by atoms with Gasteiger partial charge in [-0.1, -0.05) is 36.4 Å². The van der Waals surface area contributed by atoms with Gasteiger partial charge in [-0.2, -0.15) is 4.37 Å². The average Bonchev–Trinajstić information content (AvgIpc) is 3.64. The molecule has 12 nitrogen and oxygen atoms in total. The monoisotopic (exact) mass is 589 g/mol.